The van der Waals surface area contributed by atoms with Gasteiger partial charge in [-0.25, -0.2) is 14.1 Å². The van der Waals surface area contributed by atoms with Gasteiger partial charge in [-0.15, -0.1) is 0 Å². The van der Waals surface area contributed by atoms with Gasteiger partial charge in [0.15, 0.2) is 18.0 Å². The van der Waals surface area contributed by atoms with Crippen molar-refractivity contribution in [3.8, 4) is 5.75 Å². The summed E-state index contributed by atoms with van der Waals surface area (Å²) in [5.74, 6) is -2.52. The van der Waals surface area contributed by atoms with Crippen LogP contribution in [0.1, 0.15) is 79.0 Å². The van der Waals surface area contributed by atoms with Crippen LogP contribution < -0.4 is 21.1 Å². The number of nitrogens with one attached hydrogen (secondary N) is 1. The zero-order valence-corrected chi connectivity index (χ0v) is 31.2. The third-order valence-corrected chi connectivity index (χ3v) is 10.7. The van der Waals surface area contributed by atoms with Crippen molar-refractivity contribution in [2.45, 2.75) is 109 Å². The molecule has 1 saturated carbocycles. The molecular weight excluding hydrogens is 695 g/mol. The molecule has 5 rings (SSSR count). The summed E-state index contributed by atoms with van der Waals surface area (Å²) < 4.78 is 52.4. The van der Waals surface area contributed by atoms with Gasteiger partial charge < -0.3 is 34.9 Å². The number of carbonyl (C=O) groups excluding carboxylic acids is 3. The molecule has 0 bridgehead atoms. The van der Waals surface area contributed by atoms with Crippen LogP contribution in [0.5, 0.6) is 5.75 Å². The molecule has 1 saturated heterocycles. The predicted molar refractivity (Wildman–Crippen MR) is 189 cm³/mol. The Morgan fingerprint density at radius 3 is 2.27 bits per heavy atom. The van der Waals surface area contributed by atoms with Gasteiger partial charge in [-0.3, -0.25) is 18.9 Å². The number of hydrogen-bond acceptors (Lipinski definition) is 14. The highest BCUT2D eigenvalue weighted by Crippen LogP contribution is 2.50. The maximum Gasteiger partial charge on any atom is 0.459 e. The molecule has 3 aromatic rings. The van der Waals surface area contributed by atoms with E-state index in [1.807, 2.05) is 0 Å². The number of ether oxygens (including phenoxy) is 4. The topological polar surface area (TPSA) is 218 Å². The van der Waals surface area contributed by atoms with Gasteiger partial charge in [-0.05, 0) is 63.8 Å². The molecule has 1 aliphatic carbocycles. The Hall–Kier alpha value is -4.08. The van der Waals surface area contributed by atoms with Gasteiger partial charge in [-0.1, -0.05) is 45.9 Å². The fourth-order valence-corrected chi connectivity index (χ4v) is 7.58. The average molecular weight is 745 g/mol. The lowest BCUT2D eigenvalue weighted by Gasteiger charge is -2.33. The molecule has 0 amide bonds. The Morgan fingerprint density at radius 1 is 0.962 bits per heavy atom. The summed E-state index contributed by atoms with van der Waals surface area (Å²) in [5, 5.41) is 7.04. The first-order valence-corrected chi connectivity index (χ1v) is 19.0. The Labute approximate surface area is 302 Å². The second-order valence-electron chi connectivity index (χ2n) is 14.1. The number of nitrogen functional groups attached to an aromatic ring is 1. The number of nitrogens with two attached hydrogens (primary N) is 2. The number of carbonyl (C=O) groups is 3. The summed E-state index contributed by atoms with van der Waals surface area (Å²) >= 11 is 0. The Kier molecular flexibility index (Phi) is 12.3. The number of fused-ring (bicyclic) bond motifs is 1. The number of benzene rings is 1. The molecule has 1 unspecified atom stereocenters. The third-order valence-electron chi connectivity index (χ3n) is 9.03. The molecule has 2 aliphatic rings. The van der Waals surface area contributed by atoms with Gasteiger partial charge in [0.25, 0.3) is 0 Å². The van der Waals surface area contributed by atoms with Gasteiger partial charge in [0, 0.05) is 6.04 Å². The summed E-state index contributed by atoms with van der Waals surface area (Å²) in [4.78, 5) is 43.6. The lowest BCUT2D eigenvalue weighted by atomic mass is 9.94. The van der Waals surface area contributed by atoms with Gasteiger partial charge >= 0.3 is 25.7 Å². The van der Waals surface area contributed by atoms with Crippen LogP contribution in [0.4, 0.5) is 5.82 Å². The molecule has 0 spiro atoms. The highest BCUT2D eigenvalue weighted by molar-refractivity contribution is 7.52. The third kappa shape index (κ3) is 9.10. The molecule has 284 valence electrons. The van der Waals surface area contributed by atoms with Gasteiger partial charge in [0.05, 0.1) is 24.1 Å². The van der Waals surface area contributed by atoms with Gasteiger partial charge in [-0.2, -0.15) is 10.2 Å². The van der Waals surface area contributed by atoms with Crippen molar-refractivity contribution in [3.05, 3.63) is 54.5 Å². The summed E-state index contributed by atoms with van der Waals surface area (Å²) in [6.45, 7) is 9.21. The number of anilines is 1. The summed E-state index contributed by atoms with van der Waals surface area (Å²) in [6.07, 6.45) is 0.110. The van der Waals surface area contributed by atoms with E-state index in [4.69, 9.17) is 39.5 Å². The van der Waals surface area contributed by atoms with Crippen LogP contribution in [0.25, 0.3) is 5.52 Å². The zero-order chi connectivity index (χ0) is 37.8. The van der Waals surface area contributed by atoms with E-state index in [0.717, 1.165) is 12.8 Å². The van der Waals surface area contributed by atoms with Crippen LogP contribution >= 0.6 is 7.75 Å². The van der Waals surface area contributed by atoms with E-state index in [9.17, 15) is 18.9 Å². The molecule has 16 nitrogen and oxygen atoms in total. The molecule has 17 heteroatoms. The fourth-order valence-electron chi connectivity index (χ4n) is 6.00. The second kappa shape index (κ2) is 16.3. The molecule has 5 N–H and O–H groups in total. The number of esters is 3. The van der Waals surface area contributed by atoms with Gasteiger partial charge in [0.2, 0.25) is 0 Å². The van der Waals surface area contributed by atoms with Crippen LogP contribution in [-0.4, -0.2) is 75.1 Å². The minimum atomic E-state index is -4.42. The standard InChI is InChI=1S/C35H49N6O10P/c1-20(2)32(42)48-29-28(26-16-17-27-31(37)38-19-39-41(26)27)50-35(6,30(29)49-33(43)21(3)4)18-46-52(45,51-25-10-8-7-9-11-25)40-22(5)34(44)47-24-14-12-23(36)13-15-24/h7-11,16-17,19-24,28-30H,12-15,18,36H2,1-6H3,(H,40,45)(H2,37,38,39)/t22-,23?,24?,28-,29-,30-,35+,52?/m0/s1. The van der Waals surface area contributed by atoms with Crippen molar-refractivity contribution >= 4 is 37.0 Å². The molecule has 2 aromatic heterocycles. The lowest BCUT2D eigenvalue weighted by Crippen LogP contribution is -2.49. The van der Waals surface area contributed by atoms with Crippen molar-refractivity contribution in [1.29, 1.82) is 0 Å². The Bertz CT molecular complexity index is 1760. The van der Waals surface area contributed by atoms with Crippen LogP contribution in [0.15, 0.2) is 48.8 Å². The minimum Gasteiger partial charge on any atom is -0.461 e. The first-order chi connectivity index (χ1) is 24.6. The molecular formula is C35H49N6O10P. The number of nitrogens with zero attached hydrogens (tertiary/aromatic N) is 3. The Morgan fingerprint density at radius 2 is 1.62 bits per heavy atom. The second-order valence-corrected chi connectivity index (χ2v) is 15.8. The van der Waals surface area contributed by atoms with Crippen LogP contribution in [-0.2, 0) is 42.4 Å². The van der Waals surface area contributed by atoms with Crippen molar-refractivity contribution in [3.63, 3.8) is 0 Å². The van der Waals surface area contributed by atoms with E-state index < -0.39 is 74.1 Å². The number of hydrogen-bond donors (Lipinski definition) is 3. The monoisotopic (exact) mass is 744 g/mol. The van der Waals surface area contributed by atoms with Crippen molar-refractivity contribution in [2.24, 2.45) is 17.6 Å². The van der Waals surface area contributed by atoms with Gasteiger partial charge in [0.1, 0.15) is 41.4 Å². The minimum absolute atomic E-state index is 0.0668. The van der Waals surface area contributed by atoms with Crippen LogP contribution in [0.2, 0.25) is 0 Å². The SMILES string of the molecule is CC(C)C(=O)O[C@H]1[C@H](c2ccc3c(N)ncnn23)O[C@](C)(COP(=O)(N[C@@H](C)C(=O)OC2CCC(N)CC2)Oc2ccccc2)[C@H]1OC(=O)C(C)C. The van der Waals surface area contributed by atoms with E-state index in [-0.39, 0.29) is 23.7 Å². The quantitative estimate of drug-likeness (QED) is 0.119. The normalized spacial score (nSPS) is 26.5. The molecule has 3 heterocycles. The molecule has 6 atom stereocenters. The number of aromatic nitrogens is 3. The fraction of sp³-hybridized carbons (Fsp3) is 0.571. The van der Waals surface area contributed by atoms with Crippen molar-refractivity contribution in [1.82, 2.24) is 19.7 Å². The first kappa shape index (κ1) is 39.1. The number of rotatable bonds is 14. The van der Waals surface area contributed by atoms with E-state index in [0.29, 0.717) is 24.1 Å². The molecule has 2 fully saturated rings. The smallest absolute Gasteiger partial charge is 0.459 e. The average Bonchev–Trinajstić information content (AvgIpc) is 3.65. The molecule has 0 radical (unpaired) electrons. The van der Waals surface area contributed by atoms with Crippen molar-refractivity contribution in [2.75, 3.05) is 12.3 Å². The summed E-state index contributed by atoms with van der Waals surface area (Å²) in [6, 6.07) is 10.6. The van der Waals surface area contributed by atoms with Crippen molar-refractivity contribution < 1.29 is 46.9 Å². The highest BCUT2D eigenvalue weighted by Gasteiger charge is 2.59. The maximum atomic E-state index is 14.6. The molecule has 1 aliphatic heterocycles. The predicted octanol–water partition coefficient (Wildman–Crippen LogP) is 4.27. The molecule has 52 heavy (non-hydrogen) atoms. The maximum absolute atomic E-state index is 14.6. The van der Waals surface area contributed by atoms with E-state index >= 15 is 0 Å². The zero-order valence-electron chi connectivity index (χ0n) is 30.3. The Balaban J connectivity index is 1.47. The molecule has 1 aromatic carbocycles. The first-order valence-electron chi connectivity index (χ1n) is 17.5. The summed E-state index contributed by atoms with van der Waals surface area (Å²) in [5.41, 5.74) is 11.4. The highest BCUT2D eigenvalue weighted by atomic mass is 31.2. The summed E-state index contributed by atoms with van der Waals surface area (Å²) in [7, 11) is -4.42. The van der Waals surface area contributed by atoms with E-state index in [2.05, 4.69) is 15.2 Å². The number of para-hydroxylation sites is 1. The van der Waals surface area contributed by atoms with E-state index in [1.54, 1.807) is 77.1 Å². The van der Waals surface area contributed by atoms with Crippen LogP contribution in [0, 0.1) is 11.8 Å². The lowest BCUT2D eigenvalue weighted by molar-refractivity contribution is -0.175. The van der Waals surface area contributed by atoms with Crippen LogP contribution in [0.3, 0.4) is 0 Å². The largest absolute Gasteiger partial charge is 0.461 e. The van der Waals surface area contributed by atoms with E-state index in [1.165, 1.54) is 17.8 Å².